The minimum absolute atomic E-state index is 0.132. The molecule has 4 heteroatoms. The Labute approximate surface area is 109 Å². The molecule has 2 rings (SSSR count). The Kier molecular flexibility index (Phi) is 3.71. The highest BCUT2D eigenvalue weighted by molar-refractivity contribution is 5.91. The van der Waals surface area contributed by atoms with Gasteiger partial charge in [-0.2, -0.15) is 0 Å². The molecule has 0 radical (unpaired) electrons. The van der Waals surface area contributed by atoms with Crippen LogP contribution in [-0.2, 0) is 4.74 Å². The first-order valence-electron chi connectivity index (χ1n) is 5.60. The first-order chi connectivity index (χ1) is 9.17. The molecule has 2 aromatic rings. The Morgan fingerprint density at radius 1 is 1.16 bits per heavy atom. The number of carbonyl (C=O) groups excluding carboxylic acids is 2. The summed E-state index contributed by atoms with van der Waals surface area (Å²) in [6, 6.07) is 10.7. The standard InChI is InChI=1S/C15H11FO3/c1-19-15(18)10-6-7-13(14(16)8-10)12-5-3-2-4-11(12)9-17/h2-9H,1H3. The number of carbonyl (C=O) groups is 2. The van der Waals surface area contributed by atoms with Gasteiger partial charge in [-0.1, -0.05) is 30.3 Å². The average Bonchev–Trinajstić information content (AvgIpc) is 2.46. The molecule has 0 aromatic heterocycles. The highest BCUT2D eigenvalue weighted by Crippen LogP contribution is 2.26. The number of halogens is 1. The molecule has 2 aromatic carbocycles. The van der Waals surface area contributed by atoms with Gasteiger partial charge in [0.25, 0.3) is 0 Å². The number of methoxy groups -OCH3 is 1. The lowest BCUT2D eigenvalue weighted by atomic mass is 9.99. The quantitative estimate of drug-likeness (QED) is 0.627. The second kappa shape index (κ2) is 5.44. The van der Waals surface area contributed by atoms with Gasteiger partial charge in [-0.05, 0) is 17.7 Å². The van der Waals surface area contributed by atoms with Crippen molar-refractivity contribution in [3.05, 3.63) is 59.4 Å². The summed E-state index contributed by atoms with van der Waals surface area (Å²) in [5.74, 6) is -1.17. The molecule has 3 nitrogen and oxygen atoms in total. The second-order valence-electron chi connectivity index (χ2n) is 3.89. The molecule has 96 valence electrons. The maximum absolute atomic E-state index is 14.0. The molecule has 0 spiro atoms. The van der Waals surface area contributed by atoms with Gasteiger partial charge in [0.05, 0.1) is 12.7 Å². The van der Waals surface area contributed by atoms with Crippen molar-refractivity contribution in [1.29, 1.82) is 0 Å². The largest absolute Gasteiger partial charge is 0.465 e. The van der Waals surface area contributed by atoms with Gasteiger partial charge in [0.1, 0.15) is 5.82 Å². The topological polar surface area (TPSA) is 43.4 Å². The fourth-order valence-corrected chi connectivity index (χ4v) is 1.82. The Balaban J connectivity index is 2.52. The molecule has 0 atom stereocenters. The summed E-state index contributed by atoms with van der Waals surface area (Å²) in [4.78, 5) is 22.2. The Morgan fingerprint density at radius 2 is 1.89 bits per heavy atom. The van der Waals surface area contributed by atoms with Crippen molar-refractivity contribution in [3.8, 4) is 11.1 Å². The lowest BCUT2D eigenvalue weighted by Gasteiger charge is -2.07. The van der Waals surface area contributed by atoms with E-state index in [0.29, 0.717) is 17.4 Å². The maximum Gasteiger partial charge on any atom is 0.337 e. The normalized spacial score (nSPS) is 10.0. The van der Waals surface area contributed by atoms with Crippen LogP contribution in [0.5, 0.6) is 0 Å². The summed E-state index contributed by atoms with van der Waals surface area (Å²) in [7, 11) is 1.23. The van der Waals surface area contributed by atoms with Gasteiger partial charge >= 0.3 is 5.97 Å². The van der Waals surface area contributed by atoms with E-state index in [4.69, 9.17) is 0 Å². The molecular weight excluding hydrogens is 247 g/mol. The van der Waals surface area contributed by atoms with Gasteiger partial charge in [-0.3, -0.25) is 4.79 Å². The summed E-state index contributed by atoms with van der Waals surface area (Å²) in [5.41, 5.74) is 1.29. The van der Waals surface area contributed by atoms with Crippen molar-refractivity contribution in [3.63, 3.8) is 0 Å². The van der Waals surface area contributed by atoms with Crippen molar-refractivity contribution in [2.45, 2.75) is 0 Å². The first-order valence-corrected chi connectivity index (χ1v) is 5.60. The molecule has 0 unspecified atom stereocenters. The minimum atomic E-state index is -0.603. The van der Waals surface area contributed by atoms with Crippen molar-refractivity contribution < 1.29 is 18.7 Å². The molecule has 0 aliphatic heterocycles. The minimum Gasteiger partial charge on any atom is -0.465 e. The van der Waals surface area contributed by atoms with E-state index in [1.165, 1.54) is 19.2 Å². The van der Waals surface area contributed by atoms with Gasteiger partial charge in [0.2, 0.25) is 0 Å². The van der Waals surface area contributed by atoms with E-state index < -0.39 is 11.8 Å². The van der Waals surface area contributed by atoms with E-state index >= 15 is 0 Å². The fourth-order valence-electron chi connectivity index (χ4n) is 1.82. The lowest BCUT2D eigenvalue weighted by Crippen LogP contribution is -2.02. The van der Waals surface area contributed by atoms with Crippen LogP contribution >= 0.6 is 0 Å². The zero-order valence-corrected chi connectivity index (χ0v) is 10.2. The van der Waals surface area contributed by atoms with Crippen molar-refractivity contribution >= 4 is 12.3 Å². The van der Waals surface area contributed by atoms with Gasteiger partial charge < -0.3 is 4.74 Å². The van der Waals surface area contributed by atoms with Crippen LogP contribution in [0.2, 0.25) is 0 Å². The SMILES string of the molecule is COC(=O)c1ccc(-c2ccccc2C=O)c(F)c1. The number of hydrogen-bond donors (Lipinski definition) is 0. The Bertz CT molecular complexity index is 635. The van der Waals surface area contributed by atoms with Gasteiger partial charge in [-0.15, -0.1) is 0 Å². The molecule has 0 aliphatic rings. The van der Waals surface area contributed by atoms with Crippen LogP contribution in [0.4, 0.5) is 4.39 Å². The molecule has 0 amide bonds. The maximum atomic E-state index is 14.0. The van der Waals surface area contributed by atoms with Crippen molar-refractivity contribution in [2.75, 3.05) is 7.11 Å². The van der Waals surface area contributed by atoms with Crippen LogP contribution in [0.1, 0.15) is 20.7 Å². The van der Waals surface area contributed by atoms with Crippen molar-refractivity contribution in [1.82, 2.24) is 0 Å². The van der Waals surface area contributed by atoms with Crippen LogP contribution in [-0.4, -0.2) is 19.4 Å². The first kappa shape index (κ1) is 13.0. The monoisotopic (exact) mass is 258 g/mol. The number of aldehydes is 1. The summed E-state index contributed by atoms with van der Waals surface area (Å²) < 4.78 is 18.5. The van der Waals surface area contributed by atoms with Crippen LogP contribution in [0.25, 0.3) is 11.1 Å². The third kappa shape index (κ3) is 2.52. The molecule has 0 fully saturated rings. The van der Waals surface area contributed by atoms with Crippen LogP contribution in [0.3, 0.4) is 0 Å². The van der Waals surface area contributed by atoms with E-state index in [1.54, 1.807) is 24.3 Å². The number of rotatable bonds is 3. The molecule has 0 heterocycles. The highest BCUT2D eigenvalue weighted by Gasteiger charge is 2.13. The molecular formula is C15H11FO3. The summed E-state index contributed by atoms with van der Waals surface area (Å²) in [6.45, 7) is 0. The smallest absolute Gasteiger partial charge is 0.337 e. The van der Waals surface area contributed by atoms with Crippen molar-refractivity contribution in [2.24, 2.45) is 0 Å². The summed E-state index contributed by atoms with van der Waals surface area (Å²) in [6.07, 6.45) is 0.670. The third-order valence-electron chi connectivity index (χ3n) is 2.77. The number of ether oxygens (including phenoxy) is 1. The number of benzene rings is 2. The molecule has 0 saturated carbocycles. The lowest BCUT2D eigenvalue weighted by molar-refractivity contribution is 0.0600. The number of esters is 1. The van der Waals surface area contributed by atoms with Crippen LogP contribution in [0, 0.1) is 5.82 Å². The van der Waals surface area contributed by atoms with E-state index in [9.17, 15) is 14.0 Å². The highest BCUT2D eigenvalue weighted by atomic mass is 19.1. The zero-order valence-electron chi connectivity index (χ0n) is 10.2. The van der Waals surface area contributed by atoms with Crippen LogP contribution in [0.15, 0.2) is 42.5 Å². The number of hydrogen-bond acceptors (Lipinski definition) is 3. The third-order valence-corrected chi connectivity index (χ3v) is 2.77. The molecule has 0 bridgehead atoms. The van der Waals surface area contributed by atoms with E-state index in [0.717, 1.165) is 6.07 Å². The summed E-state index contributed by atoms with van der Waals surface area (Å²) in [5, 5.41) is 0. The fraction of sp³-hybridized carbons (Fsp3) is 0.0667. The Morgan fingerprint density at radius 3 is 2.53 bits per heavy atom. The molecule has 19 heavy (non-hydrogen) atoms. The van der Waals surface area contributed by atoms with E-state index in [-0.39, 0.29) is 11.1 Å². The van der Waals surface area contributed by atoms with Gasteiger partial charge in [0.15, 0.2) is 6.29 Å². The van der Waals surface area contributed by atoms with Crippen LogP contribution < -0.4 is 0 Å². The van der Waals surface area contributed by atoms with E-state index in [1.807, 2.05) is 0 Å². The molecule has 0 N–H and O–H groups in total. The summed E-state index contributed by atoms with van der Waals surface area (Å²) >= 11 is 0. The van der Waals surface area contributed by atoms with E-state index in [2.05, 4.69) is 4.74 Å². The second-order valence-corrected chi connectivity index (χ2v) is 3.89. The molecule has 0 aliphatic carbocycles. The van der Waals surface area contributed by atoms with Gasteiger partial charge in [-0.25, -0.2) is 9.18 Å². The Hall–Kier alpha value is -2.49. The average molecular weight is 258 g/mol. The zero-order chi connectivity index (χ0) is 13.8. The predicted octanol–water partition coefficient (Wildman–Crippen LogP) is 3.09. The molecule has 0 saturated heterocycles. The predicted molar refractivity (Wildman–Crippen MR) is 68.6 cm³/mol. The van der Waals surface area contributed by atoms with Gasteiger partial charge in [0, 0.05) is 11.1 Å².